The summed E-state index contributed by atoms with van der Waals surface area (Å²) < 4.78 is 0. The zero-order valence-electron chi connectivity index (χ0n) is 14.8. The Hall–Kier alpha value is -3.35. The second kappa shape index (κ2) is 9.22. The summed E-state index contributed by atoms with van der Waals surface area (Å²) in [5.74, 6) is -0.591. The lowest BCUT2D eigenvalue weighted by molar-refractivity contribution is -0.115. The Morgan fingerprint density at radius 3 is 2.23 bits per heavy atom. The second-order valence-corrected chi connectivity index (χ2v) is 5.60. The highest BCUT2D eigenvalue weighted by atomic mass is 16.2. The summed E-state index contributed by atoms with van der Waals surface area (Å²) in [6.07, 6.45) is 0. The van der Waals surface area contributed by atoms with E-state index in [0.717, 1.165) is 0 Å². The van der Waals surface area contributed by atoms with E-state index in [1.165, 1.54) is 6.92 Å². The molecule has 7 heteroatoms. The van der Waals surface area contributed by atoms with Crippen LogP contribution in [-0.2, 0) is 9.59 Å². The summed E-state index contributed by atoms with van der Waals surface area (Å²) in [6, 6.07) is 13.8. The smallest absolute Gasteiger partial charge is 0.251 e. The first-order valence-electron chi connectivity index (χ1n) is 8.27. The first-order chi connectivity index (χ1) is 12.5. The maximum Gasteiger partial charge on any atom is 0.251 e. The molecule has 0 saturated carbocycles. The zero-order valence-corrected chi connectivity index (χ0v) is 14.8. The molecule has 2 aromatic carbocycles. The Kier molecular flexibility index (Phi) is 6.73. The van der Waals surface area contributed by atoms with Crippen molar-refractivity contribution in [2.75, 3.05) is 29.0 Å². The van der Waals surface area contributed by atoms with Crippen LogP contribution in [0, 0.1) is 0 Å². The lowest BCUT2D eigenvalue weighted by atomic mass is 10.2. The molecule has 0 unspecified atom stereocenters. The first kappa shape index (κ1) is 19.0. The number of rotatable bonds is 7. The summed E-state index contributed by atoms with van der Waals surface area (Å²) in [7, 11) is 0. The molecule has 136 valence electrons. The van der Waals surface area contributed by atoms with E-state index in [4.69, 9.17) is 0 Å². The largest absolute Gasteiger partial charge is 0.376 e. The van der Waals surface area contributed by atoms with Crippen molar-refractivity contribution >= 4 is 34.8 Å². The molecule has 0 fully saturated rings. The van der Waals surface area contributed by atoms with Crippen LogP contribution in [0.2, 0.25) is 0 Å². The molecule has 0 heterocycles. The molecule has 0 aromatic heterocycles. The molecule has 2 rings (SSSR count). The molecular formula is C19H22N4O3. The van der Waals surface area contributed by atoms with Crippen molar-refractivity contribution in [3.63, 3.8) is 0 Å². The Labute approximate surface area is 152 Å². The molecule has 4 N–H and O–H groups in total. The van der Waals surface area contributed by atoms with Crippen LogP contribution in [-0.4, -0.2) is 30.8 Å². The summed E-state index contributed by atoms with van der Waals surface area (Å²) in [6.45, 7) is 3.87. The topological polar surface area (TPSA) is 99.3 Å². The van der Waals surface area contributed by atoms with Gasteiger partial charge in [0.2, 0.25) is 11.8 Å². The second-order valence-electron chi connectivity index (χ2n) is 5.60. The minimum atomic E-state index is -0.247. The van der Waals surface area contributed by atoms with E-state index in [9.17, 15) is 14.4 Å². The quantitative estimate of drug-likeness (QED) is 0.614. The van der Waals surface area contributed by atoms with Crippen LogP contribution in [0.5, 0.6) is 0 Å². The van der Waals surface area contributed by atoms with Crippen molar-refractivity contribution in [1.29, 1.82) is 0 Å². The van der Waals surface area contributed by atoms with E-state index >= 15 is 0 Å². The van der Waals surface area contributed by atoms with E-state index in [0.29, 0.717) is 29.2 Å². The SMILES string of the molecule is CCNC(=O)c1cccc(NC(=O)CNc2cccc(NC(C)=O)c2)c1. The molecule has 0 radical (unpaired) electrons. The van der Waals surface area contributed by atoms with E-state index < -0.39 is 0 Å². The maximum absolute atomic E-state index is 12.1. The van der Waals surface area contributed by atoms with Crippen LogP contribution in [0.15, 0.2) is 48.5 Å². The lowest BCUT2D eigenvalue weighted by Crippen LogP contribution is -2.24. The van der Waals surface area contributed by atoms with Gasteiger partial charge in [0, 0.05) is 36.1 Å². The minimum Gasteiger partial charge on any atom is -0.376 e. The van der Waals surface area contributed by atoms with Gasteiger partial charge in [0.25, 0.3) is 5.91 Å². The molecule has 7 nitrogen and oxygen atoms in total. The van der Waals surface area contributed by atoms with Crippen LogP contribution < -0.4 is 21.3 Å². The van der Waals surface area contributed by atoms with Gasteiger partial charge in [-0.25, -0.2) is 0 Å². The number of benzene rings is 2. The van der Waals surface area contributed by atoms with Gasteiger partial charge in [-0.1, -0.05) is 12.1 Å². The van der Waals surface area contributed by atoms with Crippen LogP contribution in [0.1, 0.15) is 24.2 Å². The van der Waals surface area contributed by atoms with E-state index in [-0.39, 0.29) is 24.3 Å². The zero-order chi connectivity index (χ0) is 18.9. The highest BCUT2D eigenvalue weighted by molar-refractivity contribution is 5.98. The number of hydrogen-bond acceptors (Lipinski definition) is 4. The fourth-order valence-electron chi connectivity index (χ4n) is 2.30. The third kappa shape index (κ3) is 5.94. The standard InChI is InChI=1S/C19H22N4O3/c1-3-20-19(26)14-6-4-8-16(10-14)23-18(25)12-21-15-7-5-9-17(11-15)22-13(2)24/h4-11,21H,3,12H2,1-2H3,(H,20,26)(H,22,24)(H,23,25). The molecule has 0 saturated heterocycles. The fourth-order valence-corrected chi connectivity index (χ4v) is 2.30. The molecule has 0 atom stereocenters. The summed E-state index contributed by atoms with van der Waals surface area (Å²) in [4.78, 5) is 35.0. The molecule has 0 aliphatic rings. The van der Waals surface area contributed by atoms with Gasteiger partial charge in [-0.3, -0.25) is 14.4 Å². The molecule has 2 aromatic rings. The number of hydrogen-bond donors (Lipinski definition) is 4. The van der Waals surface area contributed by atoms with Gasteiger partial charge in [0.15, 0.2) is 0 Å². The third-order valence-electron chi connectivity index (χ3n) is 3.38. The van der Waals surface area contributed by atoms with Crippen LogP contribution in [0.4, 0.5) is 17.1 Å². The number of carbonyl (C=O) groups is 3. The monoisotopic (exact) mass is 354 g/mol. The molecule has 26 heavy (non-hydrogen) atoms. The van der Waals surface area contributed by atoms with Gasteiger partial charge in [-0.15, -0.1) is 0 Å². The molecule has 0 spiro atoms. The Bertz CT molecular complexity index is 805. The maximum atomic E-state index is 12.1. The number of amides is 3. The van der Waals surface area contributed by atoms with Crippen molar-refractivity contribution in [1.82, 2.24) is 5.32 Å². The van der Waals surface area contributed by atoms with Crippen molar-refractivity contribution in [3.8, 4) is 0 Å². The van der Waals surface area contributed by atoms with Gasteiger partial charge in [0.1, 0.15) is 0 Å². The van der Waals surface area contributed by atoms with Crippen molar-refractivity contribution in [2.24, 2.45) is 0 Å². The van der Waals surface area contributed by atoms with Gasteiger partial charge >= 0.3 is 0 Å². The Morgan fingerprint density at radius 1 is 0.885 bits per heavy atom. The highest BCUT2D eigenvalue weighted by Crippen LogP contribution is 2.15. The van der Waals surface area contributed by atoms with Gasteiger partial charge < -0.3 is 21.3 Å². The third-order valence-corrected chi connectivity index (χ3v) is 3.38. The predicted octanol–water partition coefficient (Wildman–Crippen LogP) is 2.45. The van der Waals surface area contributed by atoms with Crippen molar-refractivity contribution < 1.29 is 14.4 Å². The van der Waals surface area contributed by atoms with Crippen molar-refractivity contribution in [2.45, 2.75) is 13.8 Å². The number of nitrogens with one attached hydrogen (secondary N) is 4. The predicted molar refractivity (Wildman–Crippen MR) is 102 cm³/mol. The van der Waals surface area contributed by atoms with Crippen LogP contribution in [0.25, 0.3) is 0 Å². The molecule has 0 aliphatic heterocycles. The van der Waals surface area contributed by atoms with E-state index in [1.54, 1.807) is 48.5 Å². The summed E-state index contributed by atoms with van der Waals surface area (Å²) in [5, 5.41) is 11.1. The Balaban J connectivity index is 1.92. The molecule has 0 aliphatic carbocycles. The van der Waals surface area contributed by atoms with Crippen LogP contribution in [0.3, 0.4) is 0 Å². The normalized spacial score (nSPS) is 9.92. The molecule has 0 bridgehead atoms. The van der Waals surface area contributed by atoms with Gasteiger partial charge in [-0.05, 0) is 43.3 Å². The molecule has 3 amide bonds. The van der Waals surface area contributed by atoms with Gasteiger partial charge in [0.05, 0.1) is 6.54 Å². The number of anilines is 3. The summed E-state index contributed by atoms with van der Waals surface area (Å²) in [5.41, 5.74) is 2.40. The summed E-state index contributed by atoms with van der Waals surface area (Å²) >= 11 is 0. The average molecular weight is 354 g/mol. The Morgan fingerprint density at radius 2 is 1.54 bits per heavy atom. The van der Waals surface area contributed by atoms with E-state index in [2.05, 4.69) is 21.3 Å². The fraction of sp³-hybridized carbons (Fsp3) is 0.211. The number of carbonyl (C=O) groups excluding carboxylic acids is 3. The van der Waals surface area contributed by atoms with Crippen molar-refractivity contribution in [3.05, 3.63) is 54.1 Å². The lowest BCUT2D eigenvalue weighted by Gasteiger charge is -2.10. The van der Waals surface area contributed by atoms with E-state index in [1.807, 2.05) is 6.92 Å². The average Bonchev–Trinajstić information content (AvgIpc) is 2.60. The molecular weight excluding hydrogens is 332 g/mol. The first-order valence-corrected chi connectivity index (χ1v) is 8.27. The highest BCUT2D eigenvalue weighted by Gasteiger charge is 2.07. The van der Waals surface area contributed by atoms with Crippen LogP contribution >= 0.6 is 0 Å². The van der Waals surface area contributed by atoms with Gasteiger partial charge in [-0.2, -0.15) is 0 Å². The minimum absolute atomic E-state index is 0.0505.